The van der Waals surface area contributed by atoms with Crippen LogP contribution >= 0.6 is 0 Å². The molecule has 4 unspecified atom stereocenters. The second-order valence-electron chi connectivity index (χ2n) is 11.6. The van der Waals surface area contributed by atoms with Crippen LogP contribution in [0.1, 0.15) is 77.3 Å². The van der Waals surface area contributed by atoms with Gasteiger partial charge in [-0.05, 0) is 95.9 Å². The molecular weight excluding hydrogens is 512 g/mol. The minimum atomic E-state index is -4.38. The molecule has 1 fully saturated rings. The van der Waals surface area contributed by atoms with E-state index >= 15 is 0 Å². The smallest absolute Gasteiger partial charge is 0.315 e. The predicted molar refractivity (Wildman–Crippen MR) is 145 cm³/mol. The van der Waals surface area contributed by atoms with Crippen LogP contribution in [0.4, 0.5) is 0 Å². The third-order valence-electron chi connectivity index (χ3n) is 9.73. The molecule has 0 spiro atoms. The van der Waals surface area contributed by atoms with Gasteiger partial charge in [0.2, 0.25) is 0 Å². The largest absolute Gasteiger partial charge is 0.426 e. The molecule has 2 N–H and O–H groups in total. The molecule has 3 aromatic carbocycles. The molecule has 3 aromatic rings. The summed E-state index contributed by atoms with van der Waals surface area (Å²) in [4.78, 5) is 14.3. The maximum Gasteiger partial charge on any atom is 0.315 e. The SMILES string of the molecule is O=C(Oc1ccc(S(=O)(=O)O)c2c1CCCC2)C1C2c3ccccc3C(c3ccccc32)C1C1CCCC1O. The third kappa shape index (κ3) is 3.89. The molecule has 5 aliphatic carbocycles. The van der Waals surface area contributed by atoms with E-state index < -0.39 is 22.1 Å². The van der Waals surface area contributed by atoms with Gasteiger partial charge in [0.1, 0.15) is 5.75 Å². The Bertz CT molecular complexity index is 1530. The van der Waals surface area contributed by atoms with Gasteiger partial charge in [0.05, 0.1) is 16.9 Å². The number of aliphatic hydroxyl groups excluding tert-OH is 1. The van der Waals surface area contributed by atoms with Gasteiger partial charge in [-0.15, -0.1) is 0 Å². The van der Waals surface area contributed by atoms with E-state index in [4.69, 9.17) is 4.74 Å². The van der Waals surface area contributed by atoms with Gasteiger partial charge < -0.3 is 9.84 Å². The maximum atomic E-state index is 14.3. The molecule has 39 heavy (non-hydrogen) atoms. The van der Waals surface area contributed by atoms with Crippen molar-refractivity contribution in [2.75, 3.05) is 0 Å². The number of carbonyl (C=O) groups is 1. The van der Waals surface area contributed by atoms with E-state index in [1.807, 2.05) is 12.1 Å². The number of hydrogen-bond acceptors (Lipinski definition) is 5. The molecule has 8 rings (SSSR count). The van der Waals surface area contributed by atoms with Crippen LogP contribution in [-0.2, 0) is 27.8 Å². The molecule has 7 heteroatoms. The fraction of sp³-hybridized carbons (Fsp3) is 0.406. The second-order valence-corrected chi connectivity index (χ2v) is 13.0. The van der Waals surface area contributed by atoms with Crippen molar-refractivity contribution in [3.8, 4) is 5.75 Å². The van der Waals surface area contributed by atoms with Crippen molar-refractivity contribution >= 4 is 16.1 Å². The number of esters is 1. The quantitative estimate of drug-likeness (QED) is 0.259. The molecule has 0 heterocycles. The standard InChI is InChI=1S/C32H32O6S/c33-25-15-7-14-24(25)30-28-20-10-3-5-12-22(20)29(23-13-6-4-11-21(23)28)31(30)32(34)38-26-16-17-27(39(35,36)37)19-9-2-1-8-18(19)26/h3-6,10-13,16-17,24-25,28-31,33H,1-2,7-9,14-15H2,(H,35,36,37). The second kappa shape index (κ2) is 9.29. The van der Waals surface area contributed by atoms with Crippen molar-refractivity contribution in [3.05, 3.63) is 94.0 Å². The number of carbonyl (C=O) groups excluding carboxylic acids is 1. The highest BCUT2D eigenvalue weighted by Crippen LogP contribution is 2.62. The Morgan fingerprint density at radius 2 is 1.36 bits per heavy atom. The minimum Gasteiger partial charge on any atom is -0.426 e. The lowest BCUT2D eigenvalue weighted by Gasteiger charge is -2.52. The normalized spacial score (nSPS) is 28.9. The molecule has 202 valence electrons. The fourth-order valence-corrected chi connectivity index (χ4v) is 9.04. The zero-order chi connectivity index (χ0) is 26.9. The van der Waals surface area contributed by atoms with E-state index in [0.717, 1.165) is 43.2 Å². The maximum absolute atomic E-state index is 14.3. The van der Waals surface area contributed by atoms with Gasteiger partial charge >= 0.3 is 5.97 Å². The Morgan fingerprint density at radius 3 is 1.92 bits per heavy atom. The molecule has 6 nitrogen and oxygen atoms in total. The molecule has 4 atom stereocenters. The first-order valence-electron chi connectivity index (χ1n) is 14.0. The van der Waals surface area contributed by atoms with E-state index in [1.54, 1.807) is 0 Å². The molecular formula is C32H32O6S. The van der Waals surface area contributed by atoms with Gasteiger partial charge in [0, 0.05) is 11.8 Å². The molecule has 0 aliphatic heterocycles. The van der Waals surface area contributed by atoms with E-state index in [2.05, 4.69) is 36.4 Å². The van der Waals surface area contributed by atoms with Gasteiger partial charge in [0.15, 0.2) is 0 Å². The van der Waals surface area contributed by atoms with Crippen molar-refractivity contribution in [1.29, 1.82) is 0 Å². The summed E-state index contributed by atoms with van der Waals surface area (Å²) >= 11 is 0. The van der Waals surface area contributed by atoms with Crippen molar-refractivity contribution in [2.45, 2.75) is 67.8 Å². The van der Waals surface area contributed by atoms with Gasteiger partial charge in [-0.2, -0.15) is 8.42 Å². The summed E-state index contributed by atoms with van der Waals surface area (Å²) in [5, 5.41) is 11.1. The van der Waals surface area contributed by atoms with Crippen LogP contribution in [0.3, 0.4) is 0 Å². The van der Waals surface area contributed by atoms with Gasteiger partial charge in [-0.1, -0.05) is 55.0 Å². The highest BCUT2D eigenvalue weighted by molar-refractivity contribution is 7.85. The monoisotopic (exact) mass is 544 g/mol. The highest BCUT2D eigenvalue weighted by Gasteiger charge is 2.56. The van der Waals surface area contributed by atoms with Gasteiger partial charge in [0.25, 0.3) is 10.1 Å². The average molecular weight is 545 g/mol. The molecule has 1 saturated carbocycles. The number of ether oxygens (including phenoxy) is 1. The minimum absolute atomic E-state index is 0.00600. The highest BCUT2D eigenvalue weighted by atomic mass is 32.2. The Kier molecular flexibility index (Phi) is 5.95. The first-order valence-corrected chi connectivity index (χ1v) is 15.5. The summed E-state index contributed by atoms with van der Waals surface area (Å²) in [5.41, 5.74) is 6.03. The van der Waals surface area contributed by atoms with Crippen LogP contribution in [0.25, 0.3) is 0 Å². The Morgan fingerprint density at radius 1 is 0.769 bits per heavy atom. The van der Waals surface area contributed by atoms with Crippen LogP contribution in [0.5, 0.6) is 5.75 Å². The Hall–Kier alpha value is -3.00. The van der Waals surface area contributed by atoms with Crippen LogP contribution in [0.2, 0.25) is 0 Å². The Balaban J connectivity index is 1.35. The van der Waals surface area contributed by atoms with E-state index in [1.165, 1.54) is 23.3 Å². The number of fused-ring (bicyclic) bond motifs is 2. The third-order valence-corrected chi connectivity index (χ3v) is 10.7. The topological polar surface area (TPSA) is 101 Å². The summed E-state index contributed by atoms with van der Waals surface area (Å²) in [6, 6.07) is 19.6. The lowest BCUT2D eigenvalue weighted by Crippen LogP contribution is -2.49. The summed E-state index contributed by atoms with van der Waals surface area (Å²) in [5.74, 6) is -0.709. The van der Waals surface area contributed by atoms with Crippen LogP contribution in [-0.4, -0.2) is 30.2 Å². The number of rotatable bonds is 4. The van der Waals surface area contributed by atoms with E-state index in [-0.39, 0.29) is 34.5 Å². The van der Waals surface area contributed by atoms with Crippen molar-refractivity contribution in [3.63, 3.8) is 0 Å². The first-order chi connectivity index (χ1) is 18.8. The van der Waals surface area contributed by atoms with Crippen molar-refractivity contribution in [2.24, 2.45) is 17.8 Å². The summed E-state index contributed by atoms with van der Waals surface area (Å²) in [7, 11) is -4.38. The lowest BCUT2D eigenvalue weighted by atomic mass is 9.51. The molecule has 2 bridgehead atoms. The van der Waals surface area contributed by atoms with E-state index in [0.29, 0.717) is 29.7 Å². The van der Waals surface area contributed by atoms with Crippen LogP contribution in [0.15, 0.2) is 65.6 Å². The molecule has 0 amide bonds. The fourth-order valence-electron chi connectivity index (χ4n) is 8.26. The number of aliphatic hydroxyl groups is 1. The van der Waals surface area contributed by atoms with Crippen LogP contribution < -0.4 is 4.74 Å². The molecule has 0 radical (unpaired) electrons. The van der Waals surface area contributed by atoms with Crippen molar-refractivity contribution < 1.29 is 27.6 Å². The average Bonchev–Trinajstić information content (AvgIpc) is 3.37. The zero-order valence-corrected chi connectivity index (χ0v) is 22.4. The van der Waals surface area contributed by atoms with E-state index in [9.17, 15) is 22.9 Å². The molecule has 0 saturated heterocycles. The Labute approximate surface area is 228 Å². The van der Waals surface area contributed by atoms with Gasteiger partial charge in [-0.3, -0.25) is 9.35 Å². The zero-order valence-electron chi connectivity index (χ0n) is 21.6. The predicted octanol–water partition coefficient (Wildman–Crippen LogP) is 5.40. The molecule has 0 aromatic heterocycles. The van der Waals surface area contributed by atoms with Crippen LogP contribution in [0, 0.1) is 17.8 Å². The van der Waals surface area contributed by atoms with Gasteiger partial charge in [-0.25, -0.2) is 0 Å². The summed E-state index contributed by atoms with van der Waals surface area (Å²) < 4.78 is 40.1. The lowest BCUT2D eigenvalue weighted by molar-refractivity contribution is -0.144. The van der Waals surface area contributed by atoms with Crippen molar-refractivity contribution in [1.82, 2.24) is 0 Å². The first kappa shape index (κ1) is 25.0. The number of hydrogen-bond donors (Lipinski definition) is 2. The molecule has 5 aliphatic rings. The summed E-state index contributed by atoms with van der Waals surface area (Å²) in [6.07, 6.45) is 4.89. The number of benzene rings is 3. The summed E-state index contributed by atoms with van der Waals surface area (Å²) in [6.45, 7) is 0.